The van der Waals surface area contributed by atoms with E-state index < -0.39 is 0 Å². The van der Waals surface area contributed by atoms with Crippen molar-refractivity contribution in [2.24, 2.45) is 5.18 Å². The Hall–Kier alpha value is -1.38. The summed E-state index contributed by atoms with van der Waals surface area (Å²) in [5, 5.41) is 2.81. The smallest absolute Gasteiger partial charge is 0.149 e. The van der Waals surface area contributed by atoms with E-state index in [1.807, 2.05) is 6.92 Å². The van der Waals surface area contributed by atoms with E-state index in [1.54, 1.807) is 24.3 Å². The molecule has 0 unspecified atom stereocenters. The van der Waals surface area contributed by atoms with Crippen molar-refractivity contribution in [2.75, 3.05) is 6.61 Å². The van der Waals surface area contributed by atoms with Gasteiger partial charge in [-0.15, -0.1) is 4.91 Å². The van der Waals surface area contributed by atoms with Crippen molar-refractivity contribution in [2.45, 2.75) is 6.92 Å². The molecule has 0 spiro atoms. The number of rotatable bonds is 3. The van der Waals surface area contributed by atoms with E-state index in [0.717, 1.165) is 0 Å². The Morgan fingerprint density at radius 2 is 2.18 bits per heavy atom. The molecular formula is C8H9NO2. The molecule has 3 heteroatoms. The van der Waals surface area contributed by atoms with Crippen LogP contribution in [0.2, 0.25) is 0 Å². The van der Waals surface area contributed by atoms with Crippen LogP contribution < -0.4 is 4.74 Å². The van der Waals surface area contributed by atoms with E-state index in [1.165, 1.54) is 0 Å². The molecule has 0 aliphatic heterocycles. The first-order valence-corrected chi connectivity index (χ1v) is 3.43. The normalized spacial score (nSPS) is 9.18. The Balaban J connectivity index is 2.92. The second kappa shape index (κ2) is 3.71. The molecule has 11 heavy (non-hydrogen) atoms. The zero-order chi connectivity index (χ0) is 8.10. The van der Waals surface area contributed by atoms with Crippen LogP contribution in [0.3, 0.4) is 0 Å². The van der Waals surface area contributed by atoms with Gasteiger partial charge >= 0.3 is 0 Å². The first-order chi connectivity index (χ1) is 5.38. The third kappa shape index (κ3) is 1.77. The van der Waals surface area contributed by atoms with Crippen LogP contribution in [0.15, 0.2) is 29.4 Å². The fourth-order valence-corrected chi connectivity index (χ4v) is 0.810. The van der Waals surface area contributed by atoms with Crippen molar-refractivity contribution in [3.8, 4) is 5.75 Å². The highest BCUT2D eigenvalue weighted by Crippen LogP contribution is 2.25. The molecule has 0 aromatic heterocycles. The number of hydrogen-bond donors (Lipinski definition) is 0. The van der Waals surface area contributed by atoms with Gasteiger partial charge in [-0.05, 0) is 24.2 Å². The summed E-state index contributed by atoms with van der Waals surface area (Å²) < 4.78 is 5.13. The maximum atomic E-state index is 10.2. The molecule has 3 nitrogen and oxygen atoms in total. The fourth-order valence-electron chi connectivity index (χ4n) is 0.810. The van der Waals surface area contributed by atoms with Crippen LogP contribution in [0.4, 0.5) is 5.69 Å². The average molecular weight is 151 g/mol. The van der Waals surface area contributed by atoms with E-state index in [2.05, 4.69) is 5.18 Å². The summed E-state index contributed by atoms with van der Waals surface area (Å²) in [5.41, 5.74) is 0.356. The number of nitroso groups, excluding NO2 is 1. The van der Waals surface area contributed by atoms with Gasteiger partial charge in [-0.3, -0.25) is 0 Å². The third-order valence-corrected chi connectivity index (χ3v) is 1.26. The van der Waals surface area contributed by atoms with Gasteiger partial charge in [0.1, 0.15) is 11.4 Å². The molecule has 1 aromatic carbocycles. The Kier molecular flexibility index (Phi) is 2.60. The minimum Gasteiger partial charge on any atom is -0.491 e. The summed E-state index contributed by atoms with van der Waals surface area (Å²) in [6.45, 7) is 2.41. The van der Waals surface area contributed by atoms with Crippen molar-refractivity contribution >= 4 is 5.69 Å². The van der Waals surface area contributed by atoms with Crippen LogP contribution in [0.25, 0.3) is 0 Å². The number of nitrogens with zero attached hydrogens (tertiary/aromatic N) is 1. The lowest BCUT2D eigenvalue weighted by atomic mass is 10.3. The molecule has 0 atom stereocenters. The lowest BCUT2D eigenvalue weighted by Crippen LogP contribution is -1.90. The topological polar surface area (TPSA) is 38.7 Å². The quantitative estimate of drug-likeness (QED) is 0.622. The number of benzene rings is 1. The van der Waals surface area contributed by atoms with Gasteiger partial charge in [0.2, 0.25) is 0 Å². The second-order valence-electron chi connectivity index (χ2n) is 1.99. The highest BCUT2D eigenvalue weighted by molar-refractivity contribution is 5.50. The highest BCUT2D eigenvalue weighted by atomic mass is 16.5. The molecule has 0 N–H and O–H groups in total. The van der Waals surface area contributed by atoms with Gasteiger partial charge in [-0.2, -0.15) is 0 Å². The van der Waals surface area contributed by atoms with Gasteiger partial charge in [0.25, 0.3) is 0 Å². The lowest BCUT2D eigenvalue weighted by Gasteiger charge is -2.02. The molecule has 0 heterocycles. The minimum absolute atomic E-state index is 0.356. The molecule has 0 saturated carbocycles. The molecule has 1 rings (SSSR count). The van der Waals surface area contributed by atoms with Gasteiger partial charge in [0, 0.05) is 0 Å². The molecule has 0 amide bonds. The van der Waals surface area contributed by atoms with Gasteiger partial charge in [0.05, 0.1) is 6.61 Å². The Morgan fingerprint density at radius 3 is 2.82 bits per heavy atom. The highest BCUT2D eigenvalue weighted by Gasteiger charge is 1.99. The van der Waals surface area contributed by atoms with Gasteiger partial charge in [0.15, 0.2) is 0 Å². The van der Waals surface area contributed by atoms with Crippen molar-refractivity contribution in [1.29, 1.82) is 0 Å². The second-order valence-corrected chi connectivity index (χ2v) is 1.99. The van der Waals surface area contributed by atoms with Crippen LogP contribution in [-0.4, -0.2) is 6.61 Å². The molecule has 0 radical (unpaired) electrons. The van der Waals surface area contributed by atoms with E-state index in [-0.39, 0.29) is 0 Å². The molecule has 0 saturated heterocycles. The largest absolute Gasteiger partial charge is 0.491 e. The fraction of sp³-hybridized carbons (Fsp3) is 0.250. The first-order valence-electron chi connectivity index (χ1n) is 3.43. The van der Waals surface area contributed by atoms with Gasteiger partial charge in [-0.25, -0.2) is 0 Å². The summed E-state index contributed by atoms with van der Waals surface area (Å²) in [7, 11) is 0. The standard InChI is InChI=1S/C8H9NO2/c1-2-11-8-6-4-3-5-7(8)9-10/h3-6H,2H2,1H3. The Labute approximate surface area is 65.0 Å². The Morgan fingerprint density at radius 1 is 1.45 bits per heavy atom. The predicted octanol–water partition coefficient (Wildman–Crippen LogP) is 2.48. The molecule has 1 aromatic rings. The SMILES string of the molecule is CCOc1ccccc1N=O. The number of hydrogen-bond acceptors (Lipinski definition) is 3. The summed E-state index contributed by atoms with van der Waals surface area (Å²) in [6, 6.07) is 6.90. The molecule has 0 fully saturated rings. The van der Waals surface area contributed by atoms with Crippen molar-refractivity contribution in [1.82, 2.24) is 0 Å². The van der Waals surface area contributed by atoms with Crippen molar-refractivity contribution < 1.29 is 4.74 Å². The minimum atomic E-state index is 0.356. The molecule has 0 aliphatic carbocycles. The van der Waals surface area contributed by atoms with Crippen molar-refractivity contribution in [3.63, 3.8) is 0 Å². The summed E-state index contributed by atoms with van der Waals surface area (Å²) in [6.07, 6.45) is 0. The summed E-state index contributed by atoms with van der Waals surface area (Å²) in [4.78, 5) is 10.2. The van der Waals surface area contributed by atoms with Crippen LogP contribution in [0.1, 0.15) is 6.92 Å². The maximum Gasteiger partial charge on any atom is 0.149 e. The van der Waals surface area contributed by atoms with E-state index in [4.69, 9.17) is 4.74 Å². The molecule has 58 valence electrons. The first kappa shape index (κ1) is 7.72. The summed E-state index contributed by atoms with van der Waals surface area (Å²) in [5.74, 6) is 0.546. The monoisotopic (exact) mass is 151 g/mol. The molecule has 0 bridgehead atoms. The maximum absolute atomic E-state index is 10.2. The Bertz CT molecular complexity index is 248. The zero-order valence-electron chi connectivity index (χ0n) is 6.28. The molecular weight excluding hydrogens is 142 g/mol. The zero-order valence-corrected chi connectivity index (χ0v) is 6.28. The lowest BCUT2D eigenvalue weighted by molar-refractivity contribution is 0.341. The molecule has 0 aliphatic rings. The van der Waals surface area contributed by atoms with Crippen LogP contribution in [0.5, 0.6) is 5.75 Å². The van der Waals surface area contributed by atoms with Gasteiger partial charge < -0.3 is 4.74 Å². The van der Waals surface area contributed by atoms with E-state index >= 15 is 0 Å². The summed E-state index contributed by atoms with van der Waals surface area (Å²) >= 11 is 0. The third-order valence-electron chi connectivity index (χ3n) is 1.26. The predicted molar refractivity (Wildman–Crippen MR) is 43.1 cm³/mol. The van der Waals surface area contributed by atoms with E-state index in [9.17, 15) is 4.91 Å². The van der Waals surface area contributed by atoms with Gasteiger partial charge in [-0.1, -0.05) is 12.1 Å². The number of ether oxygens (including phenoxy) is 1. The van der Waals surface area contributed by atoms with Crippen LogP contribution >= 0.6 is 0 Å². The van der Waals surface area contributed by atoms with E-state index in [0.29, 0.717) is 18.0 Å². The van der Waals surface area contributed by atoms with Crippen molar-refractivity contribution in [3.05, 3.63) is 29.2 Å². The van der Waals surface area contributed by atoms with Crippen LogP contribution in [0, 0.1) is 4.91 Å². The average Bonchev–Trinajstić information content (AvgIpc) is 2.06. The number of para-hydroxylation sites is 1. The van der Waals surface area contributed by atoms with Crippen LogP contribution in [-0.2, 0) is 0 Å².